The number of aromatic nitrogens is 2. The molecule has 0 amide bonds. The van der Waals surface area contributed by atoms with Gasteiger partial charge < -0.3 is 0 Å². The average Bonchev–Trinajstić information content (AvgIpc) is 2.19. The summed E-state index contributed by atoms with van der Waals surface area (Å²) in [6.45, 7) is 2.02. The van der Waals surface area contributed by atoms with E-state index in [1.54, 1.807) is 6.20 Å². The van der Waals surface area contributed by atoms with E-state index in [1.807, 2.05) is 31.5 Å². The zero-order valence-electron chi connectivity index (χ0n) is 7.74. The Labute approximate surface area is 91.2 Å². The minimum Gasteiger partial charge on any atom is -0.264 e. The maximum absolute atomic E-state index is 4.36. The van der Waals surface area contributed by atoms with Crippen LogP contribution in [-0.2, 0) is 0 Å². The van der Waals surface area contributed by atoms with Crippen LogP contribution in [0.5, 0.6) is 0 Å². The van der Waals surface area contributed by atoms with Crippen LogP contribution in [0, 0.1) is 6.92 Å². The van der Waals surface area contributed by atoms with Crippen LogP contribution in [0.4, 0.5) is 0 Å². The van der Waals surface area contributed by atoms with E-state index in [0.717, 1.165) is 21.3 Å². The summed E-state index contributed by atoms with van der Waals surface area (Å²) in [5, 5.41) is 0. The molecule has 0 aliphatic rings. The molecule has 2 rings (SSSR count). The molecule has 0 saturated carbocycles. The Morgan fingerprint density at radius 2 is 2.14 bits per heavy atom. The van der Waals surface area contributed by atoms with E-state index in [9.17, 15) is 0 Å². The summed E-state index contributed by atoms with van der Waals surface area (Å²) in [5.74, 6) is 0. The molecule has 70 valence electrons. The first-order chi connectivity index (χ1) is 6.77. The summed E-state index contributed by atoms with van der Waals surface area (Å²) in [6.07, 6.45) is 5.42. The van der Waals surface area contributed by atoms with E-state index in [4.69, 9.17) is 0 Å². The van der Waals surface area contributed by atoms with Crippen LogP contribution in [0.1, 0.15) is 5.56 Å². The minimum atomic E-state index is 0.934. The van der Waals surface area contributed by atoms with Crippen LogP contribution < -0.4 is 0 Å². The minimum absolute atomic E-state index is 0.934. The third-order valence-corrected chi connectivity index (χ3v) is 2.52. The fraction of sp³-hybridized carbons (Fsp3) is 0.0909. The van der Waals surface area contributed by atoms with Crippen LogP contribution in [-0.4, -0.2) is 9.97 Å². The number of halogens is 1. The summed E-state index contributed by atoms with van der Waals surface area (Å²) in [5.41, 5.74) is 3.10. The van der Waals surface area contributed by atoms with Gasteiger partial charge in [-0.1, -0.05) is 0 Å². The maximum atomic E-state index is 4.36. The molecular formula is C11H9BrN2. The number of hydrogen-bond acceptors (Lipinski definition) is 2. The predicted octanol–water partition coefficient (Wildman–Crippen LogP) is 3.21. The summed E-state index contributed by atoms with van der Waals surface area (Å²) >= 11 is 3.49. The highest BCUT2D eigenvalue weighted by atomic mass is 79.9. The van der Waals surface area contributed by atoms with Crippen molar-refractivity contribution in [1.82, 2.24) is 9.97 Å². The fourth-order valence-corrected chi connectivity index (χ4v) is 1.94. The molecule has 2 nitrogen and oxygen atoms in total. The molecule has 0 fully saturated rings. The Morgan fingerprint density at radius 3 is 2.79 bits per heavy atom. The zero-order valence-corrected chi connectivity index (χ0v) is 9.32. The molecule has 0 unspecified atom stereocenters. The molecule has 14 heavy (non-hydrogen) atoms. The van der Waals surface area contributed by atoms with Crippen molar-refractivity contribution in [1.29, 1.82) is 0 Å². The van der Waals surface area contributed by atoms with Crippen LogP contribution in [0.15, 0.2) is 41.3 Å². The molecule has 0 aliphatic heterocycles. The molecule has 0 radical (unpaired) electrons. The van der Waals surface area contributed by atoms with Gasteiger partial charge in [0, 0.05) is 28.6 Å². The standard InChI is InChI=1S/C11H9BrN2/c1-8-5-10(12)11(14-6-8)9-3-2-4-13-7-9/h2-7H,1H3. The van der Waals surface area contributed by atoms with Crippen LogP contribution in [0.25, 0.3) is 11.3 Å². The third-order valence-electron chi connectivity index (χ3n) is 1.91. The summed E-state index contributed by atoms with van der Waals surface area (Å²) < 4.78 is 1.01. The number of hydrogen-bond donors (Lipinski definition) is 0. The van der Waals surface area contributed by atoms with Crippen molar-refractivity contribution < 1.29 is 0 Å². The van der Waals surface area contributed by atoms with Crippen molar-refractivity contribution in [2.75, 3.05) is 0 Å². The van der Waals surface area contributed by atoms with Crippen molar-refractivity contribution in [3.63, 3.8) is 0 Å². The molecule has 2 aromatic heterocycles. The van der Waals surface area contributed by atoms with Crippen molar-refractivity contribution in [2.24, 2.45) is 0 Å². The van der Waals surface area contributed by atoms with Crippen LogP contribution in [0.2, 0.25) is 0 Å². The number of aryl methyl sites for hydroxylation is 1. The van der Waals surface area contributed by atoms with Gasteiger partial charge in [-0.15, -0.1) is 0 Å². The lowest BCUT2D eigenvalue weighted by Crippen LogP contribution is -1.87. The highest BCUT2D eigenvalue weighted by Gasteiger charge is 2.03. The van der Waals surface area contributed by atoms with Crippen molar-refractivity contribution >= 4 is 15.9 Å². The molecule has 0 N–H and O–H groups in total. The summed E-state index contributed by atoms with van der Waals surface area (Å²) in [6, 6.07) is 5.95. The first-order valence-corrected chi connectivity index (χ1v) is 5.09. The molecule has 0 aromatic carbocycles. The fourth-order valence-electron chi connectivity index (χ4n) is 1.25. The van der Waals surface area contributed by atoms with E-state index in [0.29, 0.717) is 0 Å². The van der Waals surface area contributed by atoms with Crippen molar-refractivity contribution in [3.05, 3.63) is 46.8 Å². The number of nitrogens with zero attached hydrogens (tertiary/aromatic N) is 2. The van der Waals surface area contributed by atoms with Gasteiger partial charge in [0.05, 0.1) is 5.69 Å². The van der Waals surface area contributed by atoms with E-state index in [-0.39, 0.29) is 0 Å². The first kappa shape index (κ1) is 9.34. The Bertz CT molecular complexity index is 440. The van der Waals surface area contributed by atoms with Gasteiger partial charge >= 0.3 is 0 Å². The zero-order chi connectivity index (χ0) is 9.97. The lowest BCUT2D eigenvalue weighted by atomic mass is 10.2. The molecule has 0 saturated heterocycles. The van der Waals surface area contributed by atoms with E-state index in [2.05, 4.69) is 32.0 Å². The van der Waals surface area contributed by atoms with Gasteiger partial charge in [0.2, 0.25) is 0 Å². The Hall–Kier alpha value is -1.22. The monoisotopic (exact) mass is 248 g/mol. The van der Waals surface area contributed by atoms with Gasteiger partial charge in [-0.05, 0) is 46.6 Å². The second-order valence-electron chi connectivity index (χ2n) is 3.08. The Balaban J connectivity index is 2.53. The van der Waals surface area contributed by atoms with Crippen LogP contribution in [0.3, 0.4) is 0 Å². The van der Waals surface area contributed by atoms with Gasteiger partial charge in [0.15, 0.2) is 0 Å². The molecule has 0 aliphatic carbocycles. The molecule has 0 bridgehead atoms. The normalized spacial score (nSPS) is 10.1. The largest absolute Gasteiger partial charge is 0.264 e. The van der Waals surface area contributed by atoms with Crippen LogP contribution >= 0.6 is 15.9 Å². The van der Waals surface area contributed by atoms with Gasteiger partial charge in [0.25, 0.3) is 0 Å². The number of pyridine rings is 2. The van der Waals surface area contributed by atoms with Gasteiger partial charge in [-0.3, -0.25) is 9.97 Å². The molecule has 3 heteroatoms. The van der Waals surface area contributed by atoms with E-state index >= 15 is 0 Å². The quantitative estimate of drug-likeness (QED) is 0.775. The third kappa shape index (κ3) is 1.82. The van der Waals surface area contributed by atoms with E-state index < -0.39 is 0 Å². The van der Waals surface area contributed by atoms with Gasteiger partial charge in [-0.25, -0.2) is 0 Å². The lowest BCUT2D eigenvalue weighted by Gasteiger charge is -2.03. The van der Waals surface area contributed by atoms with E-state index in [1.165, 1.54) is 0 Å². The highest BCUT2D eigenvalue weighted by molar-refractivity contribution is 9.10. The predicted molar refractivity (Wildman–Crippen MR) is 59.9 cm³/mol. The highest BCUT2D eigenvalue weighted by Crippen LogP contribution is 2.25. The molecular weight excluding hydrogens is 240 g/mol. The Kier molecular flexibility index (Phi) is 2.59. The van der Waals surface area contributed by atoms with Crippen molar-refractivity contribution in [2.45, 2.75) is 6.92 Å². The lowest BCUT2D eigenvalue weighted by molar-refractivity contribution is 1.23. The van der Waals surface area contributed by atoms with Gasteiger partial charge in [-0.2, -0.15) is 0 Å². The molecule has 0 atom stereocenters. The van der Waals surface area contributed by atoms with Crippen molar-refractivity contribution in [3.8, 4) is 11.3 Å². The summed E-state index contributed by atoms with van der Waals surface area (Å²) in [7, 11) is 0. The topological polar surface area (TPSA) is 25.8 Å². The molecule has 0 spiro atoms. The second-order valence-corrected chi connectivity index (χ2v) is 3.94. The maximum Gasteiger partial charge on any atom is 0.0859 e. The first-order valence-electron chi connectivity index (χ1n) is 4.30. The second kappa shape index (κ2) is 3.88. The molecule has 2 aromatic rings. The number of rotatable bonds is 1. The molecule has 2 heterocycles. The SMILES string of the molecule is Cc1cnc(-c2cccnc2)c(Br)c1. The smallest absolute Gasteiger partial charge is 0.0859 e. The van der Waals surface area contributed by atoms with Gasteiger partial charge in [0.1, 0.15) is 0 Å². The Morgan fingerprint density at radius 1 is 1.29 bits per heavy atom. The summed E-state index contributed by atoms with van der Waals surface area (Å²) in [4.78, 5) is 8.42. The average molecular weight is 249 g/mol.